The van der Waals surface area contributed by atoms with Crippen LogP contribution in [-0.2, 0) is 15.1 Å². The van der Waals surface area contributed by atoms with Crippen molar-refractivity contribution in [2.24, 2.45) is 0 Å². The van der Waals surface area contributed by atoms with E-state index in [1.54, 1.807) is 35.8 Å². The summed E-state index contributed by atoms with van der Waals surface area (Å²) in [7, 11) is 1.24. The van der Waals surface area contributed by atoms with Crippen LogP contribution < -0.4 is 16.2 Å². The van der Waals surface area contributed by atoms with Gasteiger partial charge < -0.3 is 14.6 Å². The third kappa shape index (κ3) is 2.54. The first kappa shape index (κ1) is 17.5. The fourth-order valence-electron chi connectivity index (χ4n) is 3.17. The summed E-state index contributed by atoms with van der Waals surface area (Å²) in [6.07, 6.45) is 3.02. The predicted molar refractivity (Wildman–Crippen MR) is 96.2 cm³/mol. The van der Waals surface area contributed by atoms with Crippen LogP contribution in [0.15, 0.2) is 41.5 Å². The number of hydrogen-bond donors (Lipinski definition) is 3. The molecule has 1 atom stereocenters. The molecule has 3 aliphatic rings. The van der Waals surface area contributed by atoms with E-state index in [1.165, 1.54) is 19.5 Å². The molecule has 0 saturated carbocycles. The second-order valence-corrected chi connectivity index (χ2v) is 6.47. The first-order chi connectivity index (χ1) is 13.3. The Hall–Kier alpha value is -3.95. The maximum Gasteiger partial charge on any atom is 0.341 e. The highest BCUT2D eigenvalue weighted by atomic mass is 16.5. The van der Waals surface area contributed by atoms with Crippen molar-refractivity contribution < 1.29 is 19.1 Å². The summed E-state index contributed by atoms with van der Waals surface area (Å²) in [5.41, 5.74) is -0.0372. The van der Waals surface area contributed by atoms with E-state index in [9.17, 15) is 19.2 Å². The summed E-state index contributed by atoms with van der Waals surface area (Å²) < 4.78 is 6.35. The zero-order valence-corrected chi connectivity index (χ0v) is 14.9. The number of benzene rings is 1. The summed E-state index contributed by atoms with van der Waals surface area (Å²) in [5.74, 6) is -1.11. The summed E-state index contributed by atoms with van der Waals surface area (Å²) in [6.45, 7) is 1.59. The summed E-state index contributed by atoms with van der Waals surface area (Å²) in [6, 6.07) is 6.25. The zero-order valence-electron chi connectivity index (χ0n) is 14.9. The van der Waals surface area contributed by atoms with Crippen LogP contribution in [0, 0.1) is 0 Å². The van der Waals surface area contributed by atoms with Gasteiger partial charge in [0.1, 0.15) is 16.8 Å². The molecule has 3 aliphatic heterocycles. The molecule has 1 saturated heterocycles. The number of hydrogen-bond acceptors (Lipinski definition) is 6. The van der Waals surface area contributed by atoms with Crippen LogP contribution in [-0.4, -0.2) is 39.8 Å². The number of nitrogens with zero attached hydrogens (tertiary/aromatic N) is 2. The van der Waals surface area contributed by atoms with Gasteiger partial charge in [0.15, 0.2) is 0 Å². The lowest BCUT2D eigenvalue weighted by Crippen LogP contribution is -2.40. The lowest BCUT2D eigenvalue weighted by molar-refractivity contribution is -0.123. The number of fused-ring (bicyclic) bond motifs is 1. The number of ether oxygens (including phenoxy) is 1. The maximum atomic E-state index is 12.2. The molecule has 142 valence electrons. The largest absolute Gasteiger partial charge is 0.465 e. The van der Waals surface area contributed by atoms with Crippen LogP contribution in [0.2, 0.25) is 0 Å². The summed E-state index contributed by atoms with van der Waals surface area (Å²) in [4.78, 5) is 47.9. The number of pyridine rings is 1. The highest BCUT2D eigenvalue weighted by Gasteiger charge is 2.43. The zero-order chi connectivity index (χ0) is 20.1. The molecule has 4 rings (SSSR count). The van der Waals surface area contributed by atoms with Crippen LogP contribution >= 0.6 is 0 Å². The quantitative estimate of drug-likeness (QED) is 0.447. The molecule has 0 unspecified atom stereocenters. The molecule has 0 radical (unpaired) electrons. The summed E-state index contributed by atoms with van der Waals surface area (Å²) >= 11 is 0. The fraction of sp³-hybridized carbons (Fsp3) is 0.167. The number of methoxy groups -OCH3 is 1. The van der Waals surface area contributed by atoms with Gasteiger partial charge in [-0.1, -0.05) is 12.1 Å². The Morgan fingerprint density at radius 3 is 2.68 bits per heavy atom. The van der Waals surface area contributed by atoms with Crippen LogP contribution in [0.5, 0.6) is 0 Å². The minimum absolute atomic E-state index is 0.113. The van der Waals surface area contributed by atoms with Gasteiger partial charge in [0.25, 0.3) is 11.5 Å². The van der Waals surface area contributed by atoms with E-state index in [1.807, 2.05) is 0 Å². The van der Waals surface area contributed by atoms with Crippen molar-refractivity contribution in [3.8, 4) is 16.9 Å². The third-order valence-corrected chi connectivity index (χ3v) is 4.73. The van der Waals surface area contributed by atoms with E-state index < -0.39 is 29.0 Å². The Morgan fingerprint density at radius 1 is 1.21 bits per heavy atom. The Bertz CT molecular complexity index is 1160. The number of rotatable bonds is 3. The smallest absolute Gasteiger partial charge is 0.341 e. The minimum Gasteiger partial charge on any atom is -0.465 e. The van der Waals surface area contributed by atoms with E-state index >= 15 is 0 Å². The Kier molecular flexibility index (Phi) is 3.77. The number of urea groups is 1. The maximum absolute atomic E-state index is 12.2. The molecule has 10 heteroatoms. The average molecular weight is 381 g/mol. The van der Waals surface area contributed by atoms with Crippen LogP contribution in [0.25, 0.3) is 16.9 Å². The van der Waals surface area contributed by atoms with Gasteiger partial charge >= 0.3 is 12.0 Å². The Morgan fingerprint density at radius 2 is 2.00 bits per heavy atom. The van der Waals surface area contributed by atoms with E-state index in [0.717, 1.165) is 0 Å². The van der Waals surface area contributed by atoms with Gasteiger partial charge in [0, 0.05) is 18.1 Å². The van der Waals surface area contributed by atoms with Crippen molar-refractivity contribution in [3.63, 3.8) is 0 Å². The first-order valence-electron chi connectivity index (χ1n) is 8.26. The molecule has 3 amide bonds. The fourth-order valence-corrected chi connectivity index (χ4v) is 3.17. The number of aromatic amines is 1. The number of carbonyl (C=O) groups is 3. The van der Waals surface area contributed by atoms with Crippen molar-refractivity contribution >= 4 is 17.9 Å². The van der Waals surface area contributed by atoms with E-state index in [-0.39, 0.29) is 16.8 Å². The van der Waals surface area contributed by atoms with Gasteiger partial charge in [0.2, 0.25) is 0 Å². The summed E-state index contributed by atoms with van der Waals surface area (Å²) in [5, 5.41) is 11.0. The van der Waals surface area contributed by atoms with Crippen molar-refractivity contribution in [1.82, 2.24) is 25.4 Å². The molecule has 0 aromatic heterocycles. The Labute approximate surface area is 157 Å². The van der Waals surface area contributed by atoms with Gasteiger partial charge in [0.05, 0.1) is 12.7 Å². The second kappa shape index (κ2) is 6.05. The van der Waals surface area contributed by atoms with Crippen LogP contribution in [0.4, 0.5) is 4.79 Å². The normalized spacial score (nSPS) is 18.8. The van der Waals surface area contributed by atoms with Crippen molar-refractivity contribution in [3.05, 3.63) is 58.1 Å². The number of amides is 3. The lowest BCUT2D eigenvalue weighted by Gasteiger charge is -2.22. The van der Waals surface area contributed by atoms with E-state index in [0.29, 0.717) is 11.3 Å². The standard InChI is InChI=1S/C18H15N5O5/c1-18(16(26)19-17(27)20-18)9-4-3-5-10(6-9)23-7-11-13(21-22-14(11)24)12(8-23)15(25)28-2/h3-8H,1-2H3,(H,22,24)(H2,19,20,26,27)/t18-/m0/s1. The first-order valence-corrected chi connectivity index (χ1v) is 8.26. The SMILES string of the molecule is COC(=O)c1cn(-c2cccc([C@]3(C)NC(=O)NC3=O)c2)cc2c(=O)[nH]nc1-2. The molecule has 0 bridgehead atoms. The molecule has 28 heavy (non-hydrogen) atoms. The van der Waals surface area contributed by atoms with Crippen LogP contribution in [0.3, 0.4) is 0 Å². The molecule has 1 aromatic carbocycles. The molecule has 0 aliphatic carbocycles. The van der Waals surface area contributed by atoms with E-state index in [2.05, 4.69) is 20.8 Å². The topological polar surface area (TPSA) is 135 Å². The van der Waals surface area contributed by atoms with Gasteiger partial charge in [-0.05, 0) is 24.6 Å². The van der Waals surface area contributed by atoms with Crippen LogP contribution in [0.1, 0.15) is 22.8 Å². The average Bonchev–Trinajstić information content (AvgIpc) is 3.19. The molecule has 1 fully saturated rings. The van der Waals surface area contributed by atoms with Gasteiger partial charge in [-0.15, -0.1) is 0 Å². The molecule has 3 heterocycles. The number of aromatic nitrogens is 3. The van der Waals surface area contributed by atoms with Gasteiger partial charge in [-0.2, -0.15) is 5.10 Å². The monoisotopic (exact) mass is 381 g/mol. The highest BCUT2D eigenvalue weighted by molar-refractivity contribution is 6.07. The third-order valence-electron chi connectivity index (χ3n) is 4.73. The molecular weight excluding hydrogens is 366 g/mol. The number of nitrogens with one attached hydrogen (secondary N) is 3. The number of esters is 1. The Balaban J connectivity index is 1.88. The van der Waals surface area contributed by atoms with Crippen molar-refractivity contribution in [2.75, 3.05) is 7.11 Å². The van der Waals surface area contributed by atoms with Gasteiger partial charge in [-0.25, -0.2) is 14.7 Å². The molecular formula is C18H15N5O5. The molecule has 3 N–H and O–H groups in total. The van der Waals surface area contributed by atoms with E-state index in [4.69, 9.17) is 4.74 Å². The van der Waals surface area contributed by atoms with Gasteiger partial charge in [-0.3, -0.25) is 14.9 Å². The number of carbonyl (C=O) groups excluding carboxylic acids is 3. The second-order valence-electron chi connectivity index (χ2n) is 6.47. The van der Waals surface area contributed by atoms with Crippen molar-refractivity contribution in [2.45, 2.75) is 12.5 Å². The highest BCUT2D eigenvalue weighted by Crippen LogP contribution is 2.28. The lowest BCUT2D eigenvalue weighted by atomic mass is 9.92. The molecule has 1 aromatic rings. The molecule has 10 nitrogen and oxygen atoms in total. The minimum atomic E-state index is -1.23. The molecule has 0 spiro atoms. The predicted octanol–water partition coefficient (Wildman–Crippen LogP) is 0.507. The number of H-pyrrole nitrogens is 1. The van der Waals surface area contributed by atoms with Crippen molar-refractivity contribution in [1.29, 1.82) is 0 Å². The number of imide groups is 1.